The molecule has 8 heteroatoms. The van der Waals surface area contributed by atoms with Gasteiger partial charge in [-0.25, -0.2) is 4.79 Å². The average molecular weight is 370 g/mol. The maximum Gasteiger partial charge on any atom is 0.355 e. The lowest BCUT2D eigenvalue weighted by molar-refractivity contribution is -0.114. The Hall–Kier alpha value is -2.84. The molecule has 0 bridgehead atoms. The molecule has 2 amide bonds. The van der Waals surface area contributed by atoms with Crippen LogP contribution in [0.2, 0.25) is 0 Å². The number of amides is 2. The van der Waals surface area contributed by atoms with Gasteiger partial charge in [0.15, 0.2) is 3.95 Å². The van der Waals surface area contributed by atoms with Gasteiger partial charge in [-0.1, -0.05) is 47.7 Å². The molecule has 3 rings (SSSR count). The van der Waals surface area contributed by atoms with E-state index in [1.54, 1.807) is 0 Å². The van der Waals surface area contributed by atoms with Crippen LogP contribution in [-0.4, -0.2) is 21.7 Å². The van der Waals surface area contributed by atoms with Crippen molar-refractivity contribution in [2.75, 3.05) is 10.2 Å². The van der Waals surface area contributed by atoms with E-state index in [2.05, 4.69) is 10.4 Å². The number of carbonyl (C=O) groups excluding carboxylic acids is 2. The first kappa shape index (κ1) is 17.0. The van der Waals surface area contributed by atoms with E-state index in [-0.39, 0.29) is 15.0 Å². The molecule has 3 aromatic rings. The van der Waals surface area contributed by atoms with Crippen LogP contribution in [0.3, 0.4) is 0 Å². The molecule has 0 fully saturated rings. The van der Waals surface area contributed by atoms with Gasteiger partial charge in [0.1, 0.15) is 0 Å². The Bertz CT molecular complexity index is 912. The quantitative estimate of drug-likeness (QED) is 0.692. The second-order valence-electron chi connectivity index (χ2n) is 5.06. The van der Waals surface area contributed by atoms with E-state index in [1.165, 1.54) is 11.8 Å². The first-order valence-corrected chi connectivity index (χ1v) is 8.61. The number of hydrogen-bond acceptors (Lipinski definition) is 5. The second kappa shape index (κ2) is 7.37. The summed E-state index contributed by atoms with van der Waals surface area (Å²) in [7, 11) is 0. The Balaban J connectivity index is 2.05. The first-order valence-electron chi connectivity index (χ1n) is 7.38. The van der Waals surface area contributed by atoms with E-state index in [0.717, 1.165) is 16.0 Å². The third kappa shape index (κ3) is 3.81. The number of benzene rings is 2. The van der Waals surface area contributed by atoms with Gasteiger partial charge >= 0.3 is 6.03 Å². The Morgan fingerprint density at radius 1 is 1.04 bits per heavy atom. The zero-order chi connectivity index (χ0) is 17.8. The number of rotatable bonds is 3. The highest BCUT2D eigenvalue weighted by atomic mass is 32.1. The molecular formula is C17H14N4O2S2. The van der Waals surface area contributed by atoms with Crippen LogP contribution >= 0.6 is 23.6 Å². The molecule has 0 saturated carbocycles. The van der Waals surface area contributed by atoms with Crippen LogP contribution in [0.1, 0.15) is 6.92 Å². The van der Waals surface area contributed by atoms with Crippen molar-refractivity contribution in [2.45, 2.75) is 6.92 Å². The van der Waals surface area contributed by atoms with Gasteiger partial charge in [0, 0.05) is 6.92 Å². The highest BCUT2D eigenvalue weighted by Gasteiger charge is 2.22. The molecule has 6 nitrogen and oxygen atoms in total. The van der Waals surface area contributed by atoms with Crippen molar-refractivity contribution < 1.29 is 9.59 Å². The molecule has 25 heavy (non-hydrogen) atoms. The minimum atomic E-state index is -0.421. The SMILES string of the molecule is CC(=O)Nc1nn(C(=O)N(c2ccccc2)c2ccccc2)c(=S)s1. The third-order valence-electron chi connectivity index (χ3n) is 3.23. The third-order valence-corrected chi connectivity index (χ3v) is 4.38. The highest BCUT2D eigenvalue weighted by Crippen LogP contribution is 2.27. The smallest absolute Gasteiger partial charge is 0.301 e. The van der Waals surface area contributed by atoms with Crippen LogP contribution in [0.5, 0.6) is 0 Å². The highest BCUT2D eigenvalue weighted by molar-refractivity contribution is 7.73. The number of carbonyl (C=O) groups is 2. The molecule has 0 aliphatic carbocycles. The molecule has 126 valence electrons. The molecule has 0 spiro atoms. The van der Waals surface area contributed by atoms with Crippen LogP contribution in [-0.2, 0) is 4.79 Å². The standard InChI is InChI=1S/C17H14N4O2S2/c1-12(22)18-15-19-21(17(24)25-15)16(23)20(13-8-4-2-5-9-13)14-10-6-3-7-11-14/h2-11H,1H3,(H,18,19,22). The summed E-state index contributed by atoms with van der Waals surface area (Å²) in [6.45, 7) is 1.37. The van der Waals surface area contributed by atoms with Gasteiger partial charge in [-0.05, 0) is 36.5 Å². The predicted octanol–water partition coefficient (Wildman–Crippen LogP) is 4.44. The Morgan fingerprint density at radius 2 is 1.56 bits per heavy atom. The van der Waals surface area contributed by atoms with E-state index in [9.17, 15) is 9.59 Å². The summed E-state index contributed by atoms with van der Waals surface area (Å²) in [5.74, 6) is -0.272. The minimum absolute atomic E-state index is 0.255. The number of nitrogens with one attached hydrogen (secondary N) is 1. The van der Waals surface area contributed by atoms with Gasteiger partial charge in [0.2, 0.25) is 11.0 Å². The fourth-order valence-electron chi connectivity index (χ4n) is 2.22. The largest absolute Gasteiger partial charge is 0.355 e. The molecule has 1 aromatic heterocycles. The molecule has 0 aliphatic rings. The summed E-state index contributed by atoms with van der Waals surface area (Å²) in [6, 6.07) is 18.0. The van der Waals surface area contributed by atoms with E-state index >= 15 is 0 Å². The summed E-state index contributed by atoms with van der Waals surface area (Å²) < 4.78 is 1.37. The monoisotopic (exact) mass is 370 g/mol. The lowest BCUT2D eigenvalue weighted by Gasteiger charge is -2.22. The molecule has 0 radical (unpaired) electrons. The molecule has 0 atom stereocenters. The maximum atomic E-state index is 13.1. The number of nitrogens with zero attached hydrogens (tertiary/aromatic N) is 3. The van der Waals surface area contributed by atoms with E-state index in [1.807, 2.05) is 60.7 Å². The molecule has 0 unspecified atom stereocenters. The number of para-hydroxylation sites is 2. The lowest BCUT2D eigenvalue weighted by atomic mass is 10.2. The van der Waals surface area contributed by atoms with Gasteiger partial charge in [-0.15, -0.1) is 5.10 Å². The van der Waals surface area contributed by atoms with E-state index in [4.69, 9.17) is 12.2 Å². The summed E-state index contributed by atoms with van der Waals surface area (Å²) in [4.78, 5) is 25.8. The number of hydrogen-bond donors (Lipinski definition) is 1. The summed E-state index contributed by atoms with van der Waals surface area (Å²) in [6.07, 6.45) is 0. The van der Waals surface area contributed by atoms with Crippen molar-refractivity contribution in [3.05, 3.63) is 64.6 Å². The van der Waals surface area contributed by atoms with Gasteiger partial charge in [-0.3, -0.25) is 9.69 Å². The number of anilines is 3. The predicted molar refractivity (Wildman–Crippen MR) is 101 cm³/mol. The van der Waals surface area contributed by atoms with Crippen molar-refractivity contribution in [1.82, 2.24) is 9.78 Å². The summed E-state index contributed by atoms with van der Waals surface area (Å²) in [5, 5.41) is 6.96. The van der Waals surface area contributed by atoms with Crippen LogP contribution < -0.4 is 10.2 Å². The van der Waals surface area contributed by atoms with Gasteiger partial charge in [-0.2, -0.15) is 4.68 Å². The van der Waals surface area contributed by atoms with Crippen LogP contribution in [0, 0.1) is 3.95 Å². The minimum Gasteiger partial charge on any atom is -0.301 e. The number of aromatic nitrogens is 2. The topological polar surface area (TPSA) is 67.2 Å². The molecular weight excluding hydrogens is 356 g/mol. The molecule has 0 aliphatic heterocycles. The normalized spacial score (nSPS) is 10.3. The van der Waals surface area contributed by atoms with E-state index in [0.29, 0.717) is 11.4 Å². The van der Waals surface area contributed by atoms with Gasteiger partial charge in [0.05, 0.1) is 11.4 Å². The maximum absolute atomic E-state index is 13.1. The van der Waals surface area contributed by atoms with E-state index < -0.39 is 6.03 Å². The second-order valence-corrected chi connectivity index (χ2v) is 6.68. The van der Waals surface area contributed by atoms with Crippen molar-refractivity contribution in [1.29, 1.82) is 0 Å². The molecule has 0 saturated heterocycles. The van der Waals surface area contributed by atoms with Crippen LogP contribution in [0.4, 0.5) is 21.3 Å². The van der Waals surface area contributed by atoms with Crippen LogP contribution in [0.25, 0.3) is 0 Å². The first-order chi connectivity index (χ1) is 12.1. The van der Waals surface area contributed by atoms with Gasteiger partial charge in [0.25, 0.3) is 0 Å². The van der Waals surface area contributed by atoms with Crippen molar-refractivity contribution in [3.63, 3.8) is 0 Å². The Labute approximate surface area is 153 Å². The lowest BCUT2D eigenvalue weighted by Crippen LogP contribution is -2.31. The van der Waals surface area contributed by atoms with Crippen molar-refractivity contribution in [3.8, 4) is 0 Å². The summed E-state index contributed by atoms with van der Waals surface area (Å²) >= 11 is 6.31. The zero-order valence-electron chi connectivity index (χ0n) is 13.2. The summed E-state index contributed by atoms with van der Waals surface area (Å²) in [5.41, 5.74) is 1.38. The molecule has 1 heterocycles. The fourth-order valence-corrected chi connectivity index (χ4v) is 3.26. The van der Waals surface area contributed by atoms with Gasteiger partial charge < -0.3 is 5.32 Å². The fraction of sp³-hybridized carbons (Fsp3) is 0.0588. The van der Waals surface area contributed by atoms with Crippen molar-refractivity contribution >= 4 is 52.0 Å². The average Bonchev–Trinajstić information content (AvgIpc) is 2.96. The van der Waals surface area contributed by atoms with Crippen molar-refractivity contribution in [2.24, 2.45) is 0 Å². The molecule has 2 aromatic carbocycles. The van der Waals surface area contributed by atoms with Crippen LogP contribution in [0.15, 0.2) is 60.7 Å². The zero-order valence-corrected chi connectivity index (χ0v) is 14.9. The Morgan fingerprint density at radius 3 is 2.04 bits per heavy atom. The Kier molecular flexibility index (Phi) is 5.01. The molecule has 1 N–H and O–H groups in total.